The van der Waals surface area contributed by atoms with E-state index in [1.54, 1.807) is 6.92 Å². The summed E-state index contributed by atoms with van der Waals surface area (Å²) in [5.74, 6) is -0.765. The Morgan fingerprint density at radius 3 is 2.71 bits per heavy atom. The highest BCUT2D eigenvalue weighted by atomic mass is 79.9. The number of nitro groups is 1. The van der Waals surface area contributed by atoms with Gasteiger partial charge in [0.15, 0.2) is 6.29 Å². The first-order valence-corrected chi connectivity index (χ1v) is 5.40. The van der Waals surface area contributed by atoms with Crippen LogP contribution in [0.5, 0.6) is 0 Å². The van der Waals surface area contributed by atoms with Crippen molar-refractivity contribution >= 4 is 33.9 Å². The Hall–Kier alpha value is -1.76. The van der Waals surface area contributed by atoms with Gasteiger partial charge >= 0.3 is 5.97 Å². The van der Waals surface area contributed by atoms with Gasteiger partial charge in [0.1, 0.15) is 5.56 Å². The van der Waals surface area contributed by atoms with E-state index in [4.69, 9.17) is 4.74 Å². The molecule has 0 aliphatic rings. The largest absolute Gasteiger partial charge is 0.462 e. The lowest BCUT2D eigenvalue weighted by Crippen LogP contribution is -2.10. The summed E-state index contributed by atoms with van der Waals surface area (Å²) in [5, 5.41) is 10.7. The maximum atomic E-state index is 11.5. The smallest absolute Gasteiger partial charge is 0.339 e. The molecule has 1 aromatic carbocycles. The Morgan fingerprint density at radius 1 is 1.59 bits per heavy atom. The third-order valence-corrected chi connectivity index (χ3v) is 2.39. The van der Waals surface area contributed by atoms with Gasteiger partial charge in [-0.1, -0.05) is 15.9 Å². The summed E-state index contributed by atoms with van der Waals surface area (Å²) < 4.78 is 5.05. The van der Waals surface area contributed by atoms with Gasteiger partial charge in [0.05, 0.1) is 17.1 Å². The second kappa shape index (κ2) is 5.53. The van der Waals surface area contributed by atoms with Crippen molar-refractivity contribution in [2.45, 2.75) is 6.92 Å². The number of halogens is 1. The van der Waals surface area contributed by atoms with Crippen molar-refractivity contribution in [3.05, 3.63) is 37.8 Å². The maximum Gasteiger partial charge on any atom is 0.339 e. The van der Waals surface area contributed by atoms with Gasteiger partial charge in [0.25, 0.3) is 5.69 Å². The number of esters is 1. The van der Waals surface area contributed by atoms with Gasteiger partial charge in [-0.2, -0.15) is 0 Å². The molecule has 0 saturated carbocycles. The highest BCUT2D eigenvalue weighted by Crippen LogP contribution is 2.26. The Labute approximate surface area is 105 Å². The molecular weight excluding hydrogens is 294 g/mol. The number of nitrogens with zero attached hydrogens (tertiary/aromatic N) is 1. The molecule has 0 fully saturated rings. The average Bonchev–Trinajstić information content (AvgIpc) is 2.28. The molecule has 0 aliphatic carbocycles. The Kier molecular flexibility index (Phi) is 4.33. The summed E-state index contributed by atoms with van der Waals surface area (Å²) in [5.41, 5.74) is -0.836. The SMILES string of the molecule is CCOC(=O)c1cc(Br)cc([N+](=O)[O-])c1C=O. The van der Waals surface area contributed by atoms with Crippen LogP contribution in [0.15, 0.2) is 16.6 Å². The first-order chi connectivity index (χ1) is 8.01. The van der Waals surface area contributed by atoms with Gasteiger partial charge in [-0.05, 0) is 13.0 Å². The minimum atomic E-state index is -0.765. The minimum Gasteiger partial charge on any atom is -0.462 e. The second-order valence-electron chi connectivity index (χ2n) is 2.98. The number of carbonyl (C=O) groups excluding carboxylic acids is 2. The maximum absolute atomic E-state index is 11.5. The Balaban J connectivity index is 3.43. The Bertz CT molecular complexity index is 486. The molecule has 0 amide bonds. The van der Waals surface area contributed by atoms with E-state index in [0.29, 0.717) is 4.47 Å². The molecule has 0 bridgehead atoms. The van der Waals surface area contributed by atoms with Gasteiger partial charge in [0, 0.05) is 10.5 Å². The quantitative estimate of drug-likeness (QED) is 0.369. The van der Waals surface area contributed by atoms with Gasteiger partial charge in [-0.25, -0.2) is 4.79 Å². The third kappa shape index (κ3) is 2.88. The summed E-state index contributed by atoms with van der Waals surface area (Å²) in [6.07, 6.45) is 0.275. The molecule has 0 heterocycles. The molecular formula is C10H8BrNO5. The molecule has 17 heavy (non-hydrogen) atoms. The van der Waals surface area contributed by atoms with Crippen molar-refractivity contribution in [3.63, 3.8) is 0 Å². The van der Waals surface area contributed by atoms with Crippen LogP contribution in [0.4, 0.5) is 5.69 Å². The van der Waals surface area contributed by atoms with Crippen molar-refractivity contribution in [1.29, 1.82) is 0 Å². The van der Waals surface area contributed by atoms with Crippen LogP contribution >= 0.6 is 15.9 Å². The monoisotopic (exact) mass is 301 g/mol. The summed E-state index contributed by atoms with van der Waals surface area (Å²) in [6.45, 7) is 1.72. The van der Waals surface area contributed by atoms with Crippen LogP contribution in [-0.2, 0) is 4.74 Å². The van der Waals surface area contributed by atoms with Gasteiger partial charge < -0.3 is 4.74 Å². The van der Waals surface area contributed by atoms with E-state index in [1.165, 1.54) is 6.07 Å². The molecule has 0 aromatic heterocycles. The standard InChI is InChI=1S/C10H8BrNO5/c1-2-17-10(14)7-3-6(11)4-9(12(15)16)8(7)5-13/h3-5H,2H2,1H3. The number of carbonyl (C=O) groups is 2. The lowest BCUT2D eigenvalue weighted by molar-refractivity contribution is -0.385. The molecule has 6 nitrogen and oxygen atoms in total. The second-order valence-corrected chi connectivity index (χ2v) is 3.90. The number of hydrogen-bond acceptors (Lipinski definition) is 5. The number of hydrogen-bond donors (Lipinski definition) is 0. The number of benzene rings is 1. The van der Waals surface area contributed by atoms with Crippen LogP contribution < -0.4 is 0 Å². The van der Waals surface area contributed by atoms with Crippen LogP contribution in [0.2, 0.25) is 0 Å². The lowest BCUT2D eigenvalue weighted by atomic mass is 10.1. The first kappa shape index (κ1) is 13.3. The van der Waals surface area contributed by atoms with Crippen molar-refractivity contribution in [1.82, 2.24) is 0 Å². The zero-order valence-electron chi connectivity index (χ0n) is 8.81. The summed E-state index contributed by atoms with van der Waals surface area (Å²) in [6, 6.07) is 2.47. The zero-order chi connectivity index (χ0) is 13.0. The van der Waals surface area contributed by atoms with Crippen LogP contribution in [0.1, 0.15) is 27.6 Å². The molecule has 7 heteroatoms. The van der Waals surface area contributed by atoms with Gasteiger partial charge in [-0.15, -0.1) is 0 Å². The van der Waals surface area contributed by atoms with Crippen LogP contribution in [0.3, 0.4) is 0 Å². The highest BCUT2D eigenvalue weighted by Gasteiger charge is 2.23. The molecule has 0 atom stereocenters. The first-order valence-electron chi connectivity index (χ1n) is 4.61. The Morgan fingerprint density at radius 2 is 2.24 bits per heavy atom. The molecule has 0 radical (unpaired) electrons. The molecule has 0 N–H and O–H groups in total. The third-order valence-electron chi connectivity index (χ3n) is 1.93. The predicted molar refractivity (Wildman–Crippen MR) is 62.1 cm³/mol. The molecule has 1 aromatic rings. The predicted octanol–water partition coefficient (Wildman–Crippen LogP) is 2.35. The van der Waals surface area contributed by atoms with Crippen LogP contribution in [0.25, 0.3) is 0 Å². The van der Waals surface area contributed by atoms with Crippen molar-refractivity contribution in [2.24, 2.45) is 0 Å². The number of ether oxygens (including phenoxy) is 1. The number of aldehydes is 1. The highest BCUT2D eigenvalue weighted by molar-refractivity contribution is 9.10. The molecule has 0 spiro atoms. The zero-order valence-corrected chi connectivity index (χ0v) is 10.4. The van der Waals surface area contributed by atoms with Crippen molar-refractivity contribution < 1.29 is 19.2 Å². The minimum absolute atomic E-state index is 0.122. The van der Waals surface area contributed by atoms with E-state index >= 15 is 0 Å². The van der Waals surface area contributed by atoms with E-state index in [2.05, 4.69) is 15.9 Å². The lowest BCUT2D eigenvalue weighted by Gasteiger charge is -2.05. The topological polar surface area (TPSA) is 86.5 Å². The average molecular weight is 302 g/mol. The van der Waals surface area contributed by atoms with Gasteiger partial charge in [0.2, 0.25) is 0 Å². The van der Waals surface area contributed by atoms with E-state index in [1.807, 2.05) is 0 Å². The van der Waals surface area contributed by atoms with Crippen molar-refractivity contribution in [2.75, 3.05) is 6.61 Å². The summed E-state index contributed by atoms with van der Waals surface area (Å²) >= 11 is 3.04. The van der Waals surface area contributed by atoms with E-state index in [0.717, 1.165) is 6.07 Å². The fourth-order valence-corrected chi connectivity index (χ4v) is 1.70. The van der Waals surface area contributed by atoms with Gasteiger partial charge in [-0.3, -0.25) is 14.9 Å². The molecule has 90 valence electrons. The normalized spacial score (nSPS) is 9.76. The summed E-state index contributed by atoms with van der Waals surface area (Å²) in [7, 11) is 0. The van der Waals surface area contributed by atoms with E-state index in [9.17, 15) is 19.7 Å². The van der Waals surface area contributed by atoms with Crippen molar-refractivity contribution in [3.8, 4) is 0 Å². The molecule has 0 aliphatic heterocycles. The molecule has 0 saturated heterocycles. The van der Waals surface area contributed by atoms with Crippen LogP contribution in [-0.4, -0.2) is 23.8 Å². The number of rotatable bonds is 4. The number of nitro benzene ring substituents is 1. The molecule has 1 rings (SSSR count). The fraction of sp³-hybridized carbons (Fsp3) is 0.200. The van der Waals surface area contributed by atoms with E-state index in [-0.39, 0.29) is 24.0 Å². The fourth-order valence-electron chi connectivity index (χ4n) is 1.26. The van der Waals surface area contributed by atoms with E-state index < -0.39 is 16.6 Å². The molecule has 0 unspecified atom stereocenters. The van der Waals surface area contributed by atoms with Crippen LogP contribution in [0, 0.1) is 10.1 Å². The summed E-state index contributed by atoms with van der Waals surface area (Å²) in [4.78, 5) is 32.4.